The van der Waals surface area contributed by atoms with Gasteiger partial charge in [0.15, 0.2) is 16.6 Å². The minimum absolute atomic E-state index is 0.0745. The van der Waals surface area contributed by atoms with E-state index in [1.165, 1.54) is 0 Å². The molecule has 0 N–H and O–H groups in total. The summed E-state index contributed by atoms with van der Waals surface area (Å²) in [5.41, 5.74) is 1.61. The van der Waals surface area contributed by atoms with Gasteiger partial charge in [0.2, 0.25) is 0 Å². The van der Waals surface area contributed by atoms with Gasteiger partial charge in [-0.05, 0) is 54.0 Å². The summed E-state index contributed by atoms with van der Waals surface area (Å²) in [7, 11) is -3.90. The lowest BCUT2D eigenvalue weighted by Crippen LogP contribution is -2.51. The van der Waals surface area contributed by atoms with Crippen molar-refractivity contribution in [1.29, 1.82) is 5.26 Å². The van der Waals surface area contributed by atoms with Crippen LogP contribution in [-0.4, -0.2) is 53.7 Å². The highest BCUT2D eigenvalue weighted by Crippen LogP contribution is 2.43. The van der Waals surface area contributed by atoms with Crippen molar-refractivity contribution in [3.05, 3.63) is 0 Å². The van der Waals surface area contributed by atoms with E-state index >= 15 is 0 Å². The topological polar surface area (TPSA) is 60.7 Å². The normalized spacial score (nSPS) is 23.8. The van der Waals surface area contributed by atoms with E-state index in [-0.39, 0.29) is 23.2 Å². The highest BCUT2D eigenvalue weighted by Gasteiger charge is 2.47. The van der Waals surface area contributed by atoms with Gasteiger partial charge in [0.25, 0.3) is 5.79 Å². The maximum atomic E-state index is 10.2. The monoisotopic (exact) mass is 561 g/mol. The van der Waals surface area contributed by atoms with Gasteiger partial charge in [-0.25, -0.2) is 0 Å². The van der Waals surface area contributed by atoms with Gasteiger partial charge in [0.1, 0.15) is 6.07 Å². The van der Waals surface area contributed by atoms with Gasteiger partial charge in [0, 0.05) is 24.8 Å². The van der Waals surface area contributed by atoms with Crippen LogP contribution in [0.2, 0.25) is 34.8 Å². The van der Waals surface area contributed by atoms with Gasteiger partial charge >= 0.3 is 0 Å². The average Bonchev–Trinajstić information content (AvgIpc) is 2.76. The highest BCUT2D eigenvalue weighted by molar-refractivity contribution is 6.77. The first-order valence-corrected chi connectivity index (χ1v) is 19.7. The SMILES string of the molecule is CC(C)[Si](OC[C@H](C)C1CCC[C@](C#N)(O[C@@H](CCCl)CO[Si](C)(C)C(C)(C)C)O1)(C(C)C)C(C)C. The van der Waals surface area contributed by atoms with Crippen molar-refractivity contribution in [2.24, 2.45) is 5.92 Å². The summed E-state index contributed by atoms with van der Waals surface area (Å²) in [6.07, 6.45) is 2.64. The lowest BCUT2D eigenvalue weighted by Gasteiger charge is -2.44. The second kappa shape index (κ2) is 13.9. The van der Waals surface area contributed by atoms with Crippen molar-refractivity contribution >= 4 is 28.2 Å². The molecule has 0 radical (unpaired) electrons. The summed E-state index contributed by atoms with van der Waals surface area (Å²) in [6, 6.07) is 2.38. The molecule has 1 rings (SSSR count). The van der Waals surface area contributed by atoms with E-state index in [1.807, 2.05) is 0 Å². The maximum absolute atomic E-state index is 10.2. The molecule has 0 saturated carbocycles. The van der Waals surface area contributed by atoms with Crippen LogP contribution in [0.5, 0.6) is 0 Å². The third-order valence-corrected chi connectivity index (χ3v) is 19.5. The molecule has 36 heavy (non-hydrogen) atoms. The Morgan fingerprint density at radius 3 is 2.00 bits per heavy atom. The minimum atomic E-state index is -1.96. The van der Waals surface area contributed by atoms with Crippen molar-refractivity contribution in [2.75, 3.05) is 19.1 Å². The fourth-order valence-corrected chi connectivity index (χ4v) is 12.3. The van der Waals surface area contributed by atoms with Crippen LogP contribution in [0, 0.1) is 17.2 Å². The molecule has 1 fully saturated rings. The third kappa shape index (κ3) is 8.53. The van der Waals surface area contributed by atoms with Crippen LogP contribution in [0.4, 0.5) is 0 Å². The first kappa shape index (κ1) is 34.1. The summed E-state index contributed by atoms with van der Waals surface area (Å²) in [5, 5.41) is 10.3. The van der Waals surface area contributed by atoms with E-state index in [0.717, 1.165) is 12.8 Å². The Morgan fingerprint density at radius 2 is 1.56 bits per heavy atom. The second-order valence-corrected chi connectivity index (χ2v) is 24.0. The summed E-state index contributed by atoms with van der Waals surface area (Å²) >= 11 is 6.12. The highest BCUT2D eigenvalue weighted by atomic mass is 35.5. The van der Waals surface area contributed by atoms with E-state index in [9.17, 15) is 5.26 Å². The molecule has 1 aliphatic rings. The molecule has 0 aliphatic carbocycles. The van der Waals surface area contributed by atoms with Crippen molar-refractivity contribution in [2.45, 2.75) is 148 Å². The van der Waals surface area contributed by atoms with Crippen LogP contribution in [0.15, 0.2) is 0 Å². The quantitative estimate of drug-likeness (QED) is 0.157. The average molecular weight is 562 g/mol. The number of nitriles is 1. The summed E-state index contributed by atoms with van der Waals surface area (Å²) in [6.45, 7) is 28.3. The van der Waals surface area contributed by atoms with Crippen LogP contribution in [0.1, 0.15) is 94.9 Å². The van der Waals surface area contributed by atoms with Crippen molar-refractivity contribution in [3.8, 4) is 6.07 Å². The molecule has 1 saturated heterocycles. The smallest absolute Gasteiger partial charge is 0.259 e. The molecule has 8 heteroatoms. The molecule has 4 atom stereocenters. The first-order valence-electron chi connectivity index (χ1n) is 14.1. The predicted octanol–water partition coefficient (Wildman–Crippen LogP) is 8.64. The Kier molecular flexibility index (Phi) is 13.2. The molecule has 0 aromatic rings. The van der Waals surface area contributed by atoms with Crippen LogP contribution in [0.3, 0.4) is 0 Å². The van der Waals surface area contributed by atoms with Gasteiger partial charge in [-0.1, -0.05) is 69.2 Å². The predicted molar refractivity (Wildman–Crippen MR) is 157 cm³/mol. The van der Waals surface area contributed by atoms with Crippen molar-refractivity contribution in [1.82, 2.24) is 0 Å². The lowest BCUT2D eigenvalue weighted by atomic mass is 9.94. The maximum Gasteiger partial charge on any atom is 0.259 e. The molecule has 0 aromatic heterocycles. The van der Waals surface area contributed by atoms with Crippen LogP contribution >= 0.6 is 11.6 Å². The van der Waals surface area contributed by atoms with Crippen molar-refractivity contribution < 1.29 is 18.3 Å². The zero-order valence-electron chi connectivity index (χ0n) is 25.4. The van der Waals surface area contributed by atoms with Gasteiger partial charge in [0.05, 0.1) is 18.8 Å². The molecule has 0 bridgehead atoms. The van der Waals surface area contributed by atoms with E-state index < -0.39 is 22.4 Å². The molecule has 1 unspecified atom stereocenters. The van der Waals surface area contributed by atoms with E-state index in [0.29, 0.717) is 48.6 Å². The van der Waals surface area contributed by atoms with E-state index in [2.05, 4.69) is 88.4 Å². The van der Waals surface area contributed by atoms with Gasteiger partial charge in [-0.3, -0.25) is 0 Å². The summed E-state index contributed by atoms with van der Waals surface area (Å²) in [4.78, 5) is 0. The molecule has 5 nitrogen and oxygen atoms in total. The fraction of sp³-hybridized carbons (Fsp3) is 0.964. The minimum Gasteiger partial charge on any atom is -0.416 e. The standard InChI is InChI=1S/C28H56ClNO4Si2/c1-21(2)36(22(3)4,23(5)6)32-18-24(7)26-14-13-16-28(20-30,34-26)33-25(15-17-29)19-31-35(11,12)27(8,9)10/h21-26H,13-19H2,1-12H3/t24-,25-,26?,28-/m0/s1. The third-order valence-electron chi connectivity index (χ3n) is 8.67. The van der Waals surface area contributed by atoms with Gasteiger partial charge in [-0.2, -0.15) is 5.26 Å². The number of alkyl halides is 1. The number of hydrogen-bond acceptors (Lipinski definition) is 5. The van der Waals surface area contributed by atoms with E-state index in [4.69, 9.17) is 29.9 Å². The Bertz CT molecular complexity index is 683. The largest absolute Gasteiger partial charge is 0.416 e. The second-order valence-electron chi connectivity index (χ2n) is 13.3. The lowest BCUT2D eigenvalue weighted by molar-refractivity contribution is -0.275. The van der Waals surface area contributed by atoms with E-state index in [1.54, 1.807) is 0 Å². The zero-order valence-corrected chi connectivity index (χ0v) is 28.1. The Hall–Kier alpha value is 0.0538. The van der Waals surface area contributed by atoms with Gasteiger partial charge in [-0.15, -0.1) is 11.6 Å². The molecule has 212 valence electrons. The van der Waals surface area contributed by atoms with Crippen LogP contribution in [0.25, 0.3) is 0 Å². The van der Waals surface area contributed by atoms with Crippen molar-refractivity contribution in [3.63, 3.8) is 0 Å². The molecule has 1 heterocycles. The fourth-order valence-electron chi connectivity index (χ4n) is 5.46. The molecule has 0 amide bonds. The zero-order chi connectivity index (χ0) is 27.9. The first-order chi connectivity index (χ1) is 16.5. The number of hydrogen-bond donors (Lipinski definition) is 0. The van der Waals surface area contributed by atoms with Crippen LogP contribution in [-0.2, 0) is 18.3 Å². The van der Waals surface area contributed by atoms with Crippen LogP contribution < -0.4 is 0 Å². The molecule has 1 aliphatic heterocycles. The summed E-state index contributed by atoms with van der Waals surface area (Å²) in [5.74, 6) is -0.625. The summed E-state index contributed by atoms with van der Waals surface area (Å²) < 4.78 is 26.2. The Morgan fingerprint density at radius 1 is 1.00 bits per heavy atom. The Balaban J connectivity index is 2.95. The number of ether oxygens (including phenoxy) is 2. The number of rotatable bonds is 14. The number of halogens is 1. The number of nitrogens with zero attached hydrogens (tertiary/aromatic N) is 1. The molecule has 0 aromatic carbocycles. The molecule has 0 spiro atoms. The molecular weight excluding hydrogens is 506 g/mol. The Labute approximate surface area is 230 Å². The molecular formula is C28H56ClNO4Si2. The van der Waals surface area contributed by atoms with Gasteiger partial charge < -0.3 is 18.3 Å².